The van der Waals surface area contributed by atoms with Crippen LogP contribution in [0.1, 0.15) is 50.7 Å². The molecule has 40 heavy (non-hydrogen) atoms. The molecule has 218 valence electrons. The Morgan fingerprint density at radius 2 is 2.02 bits per heavy atom. The SMILES string of the molecule is C=C[C@@H](OC)[C@@H]1CC[C@H]1CN1CCCCc2cc(Cl)ccc2COc2ccc(S(=O)(=O)NC(=O)C(C)(C)N)cc21. The molecule has 0 saturated heterocycles. The van der Waals surface area contributed by atoms with Crippen molar-refractivity contribution in [3.8, 4) is 5.75 Å². The molecule has 3 N–H and O–H groups in total. The maximum Gasteiger partial charge on any atom is 0.264 e. The number of carbonyl (C=O) groups excluding carboxylic acids is 1. The fourth-order valence-electron chi connectivity index (χ4n) is 5.38. The minimum atomic E-state index is -4.16. The molecule has 0 bridgehead atoms. The van der Waals surface area contributed by atoms with Crippen molar-refractivity contribution < 1.29 is 22.7 Å². The van der Waals surface area contributed by atoms with E-state index >= 15 is 0 Å². The van der Waals surface area contributed by atoms with E-state index in [4.69, 9.17) is 26.8 Å². The van der Waals surface area contributed by atoms with Crippen LogP contribution in [0.2, 0.25) is 5.02 Å². The quantitative estimate of drug-likeness (QED) is 0.424. The Balaban J connectivity index is 1.71. The Morgan fingerprint density at radius 1 is 1.25 bits per heavy atom. The molecule has 3 atom stereocenters. The van der Waals surface area contributed by atoms with Crippen LogP contribution in [0, 0.1) is 11.8 Å². The van der Waals surface area contributed by atoms with Gasteiger partial charge in [-0.2, -0.15) is 0 Å². The molecule has 1 fully saturated rings. The van der Waals surface area contributed by atoms with Crippen LogP contribution in [0.15, 0.2) is 53.9 Å². The summed E-state index contributed by atoms with van der Waals surface area (Å²) >= 11 is 6.29. The number of amides is 1. The number of aryl methyl sites for hydroxylation is 1. The molecular weight excluding hydrogens is 550 g/mol. The van der Waals surface area contributed by atoms with Crippen molar-refractivity contribution in [2.45, 2.75) is 69.1 Å². The second-order valence-corrected chi connectivity index (χ2v) is 13.4. The molecular formula is C30H40ClN3O5S. The minimum absolute atomic E-state index is 0.0227. The van der Waals surface area contributed by atoms with Gasteiger partial charge in [0.15, 0.2) is 0 Å². The topological polar surface area (TPSA) is 111 Å². The van der Waals surface area contributed by atoms with E-state index < -0.39 is 21.5 Å². The molecule has 0 unspecified atom stereocenters. The Labute approximate surface area is 242 Å². The third kappa shape index (κ3) is 7.00. The number of methoxy groups -OCH3 is 1. The molecule has 2 aromatic carbocycles. The molecule has 1 aliphatic carbocycles. The van der Waals surface area contributed by atoms with Gasteiger partial charge >= 0.3 is 0 Å². The van der Waals surface area contributed by atoms with Crippen LogP contribution in [-0.2, 0) is 32.6 Å². The number of nitrogens with one attached hydrogen (secondary N) is 1. The van der Waals surface area contributed by atoms with Gasteiger partial charge in [0, 0.05) is 25.2 Å². The van der Waals surface area contributed by atoms with Crippen molar-refractivity contribution >= 4 is 33.2 Å². The summed E-state index contributed by atoms with van der Waals surface area (Å²) in [4.78, 5) is 14.6. The lowest BCUT2D eigenvalue weighted by molar-refractivity contribution is -0.123. The number of halogens is 1. The third-order valence-corrected chi connectivity index (χ3v) is 9.49. The maximum absolute atomic E-state index is 13.2. The molecule has 1 saturated carbocycles. The number of benzene rings is 2. The average Bonchev–Trinajstić information content (AvgIpc) is 2.91. The number of carbonyl (C=O) groups is 1. The monoisotopic (exact) mass is 589 g/mol. The first-order valence-corrected chi connectivity index (χ1v) is 15.6. The number of nitrogens with two attached hydrogens (primary N) is 1. The van der Waals surface area contributed by atoms with Crippen LogP contribution >= 0.6 is 11.6 Å². The molecule has 0 aromatic heterocycles. The molecule has 2 aromatic rings. The Morgan fingerprint density at radius 3 is 2.67 bits per heavy atom. The number of fused-ring (bicyclic) bond motifs is 2. The van der Waals surface area contributed by atoms with E-state index in [1.165, 1.54) is 19.9 Å². The predicted molar refractivity (Wildman–Crippen MR) is 158 cm³/mol. The van der Waals surface area contributed by atoms with E-state index in [2.05, 4.69) is 16.2 Å². The van der Waals surface area contributed by atoms with Crippen molar-refractivity contribution in [2.75, 3.05) is 25.1 Å². The summed E-state index contributed by atoms with van der Waals surface area (Å²) in [7, 11) is -2.45. The predicted octanol–water partition coefficient (Wildman–Crippen LogP) is 4.83. The zero-order valence-corrected chi connectivity index (χ0v) is 25.1. The van der Waals surface area contributed by atoms with Gasteiger partial charge in [-0.1, -0.05) is 23.7 Å². The molecule has 1 amide bonds. The summed E-state index contributed by atoms with van der Waals surface area (Å²) < 4.78 is 40.6. The van der Waals surface area contributed by atoms with Crippen LogP contribution in [0.5, 0.6) is 5.75 Å². The van der Waals surface area contributed by atoms with E-state index in [-0.39, 0.29) is 11.0 Å². The summed E-state index contributed by atoms with van der Waals surface area (Å²) in [5.41, 5.74) is 7.37. The summed E-state index contributed by atoms with van der Waals surface area (Å²) in [5.74, 6) is 0.499. The van der Waals surface area contributed by atoms with E-state index in [0.717, 1.165) is 49.8 Å². The highest BCUT2D eigenvalue weighted by molar-refractivity contribution is 7.90. The number of ether oxygens (including phenoxy) is 2. The zero-order chi connectivity index (χ0) is 29.1. The standard InChI is InChI=1S/C30H40ClN3O5S/c1-5-27(38-4)25-13-10-21(25)18-34-15-7-6-8-20-16-23(31)11-9-22(20)19-39-28-14-12-24(17-26(28)34)40(36,37)33-29(35)30(2,3)32/h5,9,11-12,14,16-17,21,25,27H,1,6-8,10,13,15,18-19,32H2,2-4H3,(H,33,35)/t21-,25+,27+/m0/s1. The third-order valence-electron chi connectivity index (χ3n) is 7.93. The Kier molecular flexibility index (Phi) is 9.50. The fourth-order valence-corrected chi connectivity index (χ4v) is 6.71. The van der Waals surface area contributed by atoms with Gasteiger partial charge in [-0.15, -0.1) is 6.58 Å². The fraction of sp³-hybridized carbons (Fsp3) is 0.500. The van der Waals surface area contributed by atoms with E-state index in [1.54, 1.807) is 19.2 Å². The van der Waals surface area contributed by atoms with E-state index in [0.29, 0.717) is 41.4 Å². The molecule has 4 rings (SSSR count). The van der Waals surface area contributed by atoms with Gasteiger partial charge < -0.3 is 20.1 Å². The second kappa shape index (κ2) is 12.5. The van der Waals surface area contributed by atoms with Gasteiger partial charge in [0.25, 0.3) is 15.9 Å². The molecule has 8 nitrogen and oxygen atoms in total. The van der Waals surface area contributed by atoms with Gasteiger partial charge in [0.05, 0.1) is 22.2 Å². The van der Waals surface area contributed by atoms with Crippen molar-refractivity contribution in [2.24, 2.45) is 17.6 Å². The molecule has 0 spiro atoms. The van der Waals surface area contributed by atoms with Gasteiger partial charge in [-0.05, 0) is 99.2 Å². The van der Waals surface area contributed by atoms with Crippen molar-refractivity contribution in [1.82, 2.24) is 4.72 Å². The average molecular weight is 590 g/mol. The van der Waals surface area contributed by atoms with Crippen LogP contribution in [0.4, 0.5) is 5.69 Å². The van der Waals surface area contributed by atoms with Crippen LogP contribution in [-0.4, -0.2) is 46.2 Å². The van der Waals surface area contributed by atoms with Crippen molar-refractivity contribution in [1.29, 1.82) is 0 Å². The van der Waals surface area contributed by atoms with Gasteiger partial charge in [0.2, 0.25) is 0 Å². The van der Waals surface area contributed by atoms with Gasteiger partial charge in [0.1, 0.15) is 12.4 Å². The highest BCUT2D eigenvalue weighted by atomic mass is 35.5. The molecule has 1 aliphatic heterocycles. The lowest BCUT2D eigenvalue weighted by atomic mass is 9.70. The summed E-state index contributed by atoms with van der Waals surface area (Å²) in [6.45, 7) is 8.62. The largest absolute Gasteiger partial charge is 0.487 e. The van der Waals surface area contributed by atoms with E-state index in [9.17, 15) is 13.2 Å². The Bertz CT molecular complexity index is 1340. The number of rotatable bonds is 8. The van der Waals surface area contributed by atoms with Crippen LogP contribution in [0.3, 0.4) is 0 Å². The number of sulfonamides is 1. The second-order valence-electron chi connectivity index (χ2n) is 11.3. The smallest absolute Gasteiger partial charge is 0.264 e. The number of hydrogen-bond acceptors (Lipinski definition) is 7. The zero-order valence-electron chi connectivity index (χ0n) is 23.5. The number of nitrogens with zero attached hydrogens (tertiary/aromatic N) is 1. The van der Waals surface area contributed by atoms with Crippen molar-refractivity contribution in [3.63, 3.8) is 0 Å². The lowest BCUT2D eigenvalue weighted by Crippen LogP contribution is -2.50. The van der Waals surface area contributed by atoms with Gasteiger partial charge in [-0.25, -0.2) is 13.1 Å². The first-order valence-electron chi connectivity index (χ1n) is 13.7. The van der Waals surface area contributed by atoms with Crippen LogP contribution < -0.4 is 20.1 Å². The Hall–Kier alpha value is -2.59. The van der Waals surface area contributed by atoms with E-state index in [1.807, 2.05) is 24.3 Å². The number of hydrogen-bond donors (Lipinski definition) is 2. The summed E-state index contributed by atoms with van der Waals surface area (Å²) in [6, 6.07) is 10.6. The lowest BCUT2D eigenvalue weighted by Gasteiger charge is -2.43. The first kappa shape index (κ1) is 30.4. The van der Waals surface area contributed by atoms with Gasteiger partial charge in [-0.3, -0.25) is 4.79 Å². The molecule has 0 radical (unpaired) electrons. The van der Waals surface area contributed by atoms with Crippen molar-refractivity contribution in [3.05, 3.63) is 65.2 Å². The molecule has 2 aliphatic rings. The molecule has 10 heteroatoms. The van der Waals surface area contributed by atoms with Crippen LogP contribution in [0.25, 0.3) is 0 Å². The highest BCUT2D eigenvalue weighted by Crippen LogP contribution is 2.41. The first-order chi connectivity index (χ1) is 18.9. The summed E-state index contributed by atoms with van der Waals surface area (Å²) in [6.07, 6.45) is 6.65. The summed E-state index contributed by atoms with van der Waals surface area (Å²) in [5, 5.41) is 0.694. The minimum Gasteiger partial charge on any atom is -0.487 e. The number of anilines is 1. The normalized spacial score (nSPS) is 20.6. The maximum atomic E-state index is 13.2. The molecule has 1 heterocycles. The highest BCUT2D eigenvalue weighted by Gasteiger charge is 2.37.